The van der Waals surface area contributed by atoms with Crippen LogP contribution in [0.1, 0.15) is 16.0 Å². The van der Waals surface area contributed by atoms with Gasteiger partial charge in [-0.15, -0.1) is 11.3 Å². The van der Waals surface area contributed by atoms with E-state index >= 15 is 0 Å². The third-order valence-corrected chi connectivity index (χ3v) is 4.62. The maximum atomic E-state index is 11.8. The molecule has 3 rings (SSSR count). The molecule has 0 radical (unpaired) electrons. The molecular weight excluding hydrogens is 344 g/mol. The van der Waals surface area contributed by atoms with Gasteiger partial charge in [0.15, 0.2) is 0 Å². The summed E-state index contributed by atoms with van der Waals surface area (Å²) in [6, 6.07) is 15.6. The number of rotatable bonds is 8. The van der Waals surface area contributed by atoms with Gasteiger partial charge in [0.1, 0.15) is 12.4 Å². The second-order valence-corrected chi connectivity index (χ2v) is 6.70. The second-order valence-electron chi connectivity index (χ2n) is 5.67. The zero-order valence-corrected chi connectivity index (χ0v) is 15.1. The fourth-order valence-corrected chi connectivity index (χ4v) is 3.03. The van der Waals surface area contributed by atoms with Gasteiger partial charge in [0.2, 0.25) is 5.91 Å². The van der Waals surface area contributed by atoms with Crippen molar-refractivity contribution in [3.05, 3.63) is 88.4 Å². The van der Waals surface area contributed by atoms with E-state index in [9.17, 15) is 4.79 Å². The lowest BCUT2D eigenvalue weighted by molar-refractivity contribution is -0.116. The molecule has 4 nitrogen and oxygen atoms in total. The molecule has 2 aromatic heterocycles. The number of pyridine rings is 1. The molecule has 26 heavy (non-hydrogen) atoms. The minimum Gasteiger partial charge on any atom is -0.489 e. The van der Waals surface area contributed by atoms with Crippen molar-refractivity contribution in [2.75, 3.05) is 6.54 Å². The van der Waals surface area contributed by atoms with Crippen molar-refractivity contribution < 1.29 is 9.53 Å². The molecule has 5 heteroatoms. The Hall–Kier alpha value is -2.92. The van der Waals surface area contributed by atoms with Crippen LogP contribution in [0.2, 0.25) is 0 Å². The third kappa shape index (κ3) is 5.86. The highest BCUT2D eigenvalue weighted by molar-refractivity contribution is 7.09. The van der Waals surface area contributed by atoms with Gasteiger partial charge in [0.25, 0.3) is 0 Å². The zero-order valence-electron chi connectivity index (χ0n) is 14.3. The van der Waals surface area contributed by atoms with E-state index in [4.69, 9.17) is 4.74 Å². The smallest absolute Gasteiger partial charge is 0.244 e. The number of carbonyl (C=O) groups excluding carboxylic acids is 1. The lowest BCUT2D eigenvalue weighted by Crippen LogP contribution is -2.23. The van der Waals surface area contributed by atoms with E-state index < -0.39 is 0 Å². The SMILES string of the molecule is O=C(/C=C/c1ccc(OCc2cccnc2)cc1)NCCc1cccs1. The number of nitrogens with zero attached hydrogens (tertiary/aromatic N) is 1. The Morgan fingerprint density at radius 3 is 2.77 bits per heavy atom. The van der Waals surface area contributed by atoms with E-state index in [0.717, 1.165) is 23.3 Å². The predicted octanol–water partition coefficient (Wildman–Crippen LogP) is 4.09. The fraction of sp³-hybridized carbons (Fsp3) is 0.143. The number of thiophene rings is 1. The minimum absolute atomic E-state index is 0.0848. The molecule has 0 bridgehead atoms. The summed E-state index contributed by atoms with van der Waals surface area (Å²) in [5.74, 6) is 0.699. The summed E-state index contributed by atoms with van der Waals surface area (Å²) in [5, 5.41) is 4.93. The lowest BCUT2D eigenvalue weighted by Gasteiger charge is -2.06. The normalized spacial score (nSPS) is 10.8. The van der Waals surface area contributed by atoms with Gasteiger partial charge in [-0.1, -0.05) is 24.3 Å². The Balaban J connectivity index is 1.42. The number of benzene rings is 1. The van der Waals surface area contributed by atoms with Crippen LogP contribution in [0.15, 0.2) is 72.4 Å². The lowest BCUT2D eigenvalue weighted by atomic mass is 10.2. The quantitative estimate of drug-likeness (QED) is 0.613. The molecule has 132 valence electrons. The molecule has 1 N–H and O–H groups in total. The van der Waals surface area contributed by atoms with Gasteiger partial charge in [-0.3, -0.25) is 9.78 Å². The highest BCUT2D eigenvalue weighted by Crippen LogP contribution is 2.15. The first-order chi connectivity index (χ1) is 12.8. The van der Waals surface area contributed by atoms with Crippen LogP contribution in [0.25, 0.3) is 6.08 Å². The van der Waals surface area contributed by atoms with Crippen molar-refractivity contribution in [3.8, 4) is 5.75 Å². The van der Waals surface area contributed by atoms with Crippen molar-refractivity contribution in [2.45, 2.75) is 13.0 Å². The van der Waals surface area contributed by atoms with Crippen LogP contribution in [0.5, 0.6) is 5.75 Å². The molecule has 0 aliphatic carbocycles. The molecule has 0 unspecified atom stereocenters. The van der Waals surface area contributed by atoms with Gasteiger partial charge in [-0.05, 0) is 47.7 Å². The largest absolute Gasteiger partial charge is 0.489 e. The van der Waals surface area contributed by atoms with E-state index in [1.807, 2.05) is 47.8 Å². The molecule has 0 saturated carbocycles. The third-order valence-electron chi connectivity index (χ3n) is 3.69. The van der Waals surface area contributed by atoms with Gasteiger partial charge in [-0.2, -0.15) is 0 Å². The van der Waals surface area contributed by atoms with Crippen LogP contribution in [0.4, 0.5) is 0 Å². The molecule has 3 aromatic rings. The van der Waals surface area contributed by atoms with Crippen LogP contribution in [0.3, 0.4) is 0 Å². The van der Waals surface area contributed by atoms with E-state index in [0.29, 0.717) is 13.2 Å². The van der Waals surface area contributed by atoms with Crippen LogP contribution < -0.4 is 10.1 Å². The molecule has 1 aromatic carbocycles. The number of ether oxygens (including phenoxy) is 1. The number of hydrogen-bond donors (Lipinski definition) is 1. The molecule has 1 amide bonds. The van der Waals surface area contributed by atoms with Gasteiger partial charge >= 0.3 is 0 Å². The first-order valence-corrected chi connectivity index (χ1v) is 9.27. The summed E-state index contributed by atoms with van der Waals surface area (Å²) in [6.45, 7) is 1.13. The van der Waals surface area contributed by atoms with Crippen molar-refractivity contribution in [1.82, 2.24) is 10.3 Å². The Labute approximate surface area is 157 Å². The Morgan fingerprint density at radius 2 is 2.04 bits per heavy atom. The molecule has 0 saturated heterocycles. The summed E-state index contributed by atoms with van der Waals surface area (Å²) in [4.78, 5) is 17.2. The maximum absolute atomic E-state index is 11.8. The highest BCUT2D eigenvalue weighted by atomic mass is 32.1. The molecule has 0 aliphatic rings. The standard InChI is InChI=1S/C21H20N2O2S/c24-21(23-13-11-20-4-2-14-26-20)10-7-17-5-8-19(9-6-17)25-16-18-3-1-12-22-15-18/h1-10,12,14-15H,11,13,16H2,(H,23,24)/b10-7+. The Kier molecular flexibility index (Phi) is 6.56. The van der Waals surface area contributed by atoms with Gasteiger partial charge in [0, 0.05) is 35.5 Å². The van der Waals surface area contributed by atoms with Crippen LogP contribution in [0, 0.1) is 0 Å². The summed E-state index contributed by atoms with van der Waals surface area (Å²) in [6.07, 6.45) is 7.74. The average Bonchev–Trinajstić information content (AvgIpc) is 3.20. The minimum atomic E-state index is -0.0848. The maximum Gasteiger partial charge on any atom is 0.244 e. The van der Waals surface area contributed by atoms with Crippen LogP contribution in [-0.4, -0.2) is 17.4 Å². The monoisotopic (exact) mass is 364 g/mol. The second kappa shape index (κ2) is 9.53. The first kappa shape index (κ1) is 17.9. The van der Waals surface area contributed by atoms with E-state index in [1.54, 1.807) is 35.9 Å². The van der Waals surface area contributed by atoms with Crippen molar-refractivity contribution in [1.29, 1.82) is 0 Å². The number of amides is 1. The predicted molar refractivity (Wildman–Crippen MR) is 105 cm³/mol. The van der Waals surface area contributed by atoms with Crippen LogP contribution >= 0.6 is 11.3 Å². The number of nitrogens with one attached hydrogen (secondary N) is 1. The van der Waals surface area contributed by atoms with Gasteiger partial charge in [-0.25, -0.2) is 0 Å². The van der Waals surface area contributed by atoms with E-state index in [1.165, 1.54) is 4.88 Å². The van der Waals surface area contributed by atoms with E-state index in [2.05, 4.69) is 16.4 Å². The molecular formula is C21H20N2O2S. The van der Waals surface area contributed by atoms with E-state index in [-0.39, 0.29) is 5.91 Å². The van der Waals surface area contributed by atoms with Gasteiger partial charge < -0.3 is 10.1 Å². The zero-order chi connectivity index (χ0) is 18.0. The Morgan fingerprint density at radius 1 is 1.15 bits per heavy atom. The molecule has 0 fully saturated rings. The first-order valence-electron chi connectivity index (χ1n) is 8.40. The Bertz CT molecular complexity index is 828. The number of hydrogen-bond acceptors (Lipinski definition) is 4. The molecule has 2 heterocycles. The summed E-state index contributed by atoms with van der Waals surface area (Å²) >= 11 is 1.70. The fourth-order valence-electron chi connectivity index (χ4n) is 2.32. The number of aromatic nitrogens is 1. The van der Waals surface area contributed by atoms with Crippen molar-refractivity contribution in [2.24, 2.45) is 0 Å². The van der Waals surface area contributed by atoms with Crippen molar-refractivity contribution >= 4 is 23.3 Å². The summed E-state index contributed by atoms with van der Waals surface area (Å²) < 4.78 is 5.72. The molecule has 0 atom stereocenters. The topological polar surface area (TPSA) is 51.2 Å². The summed E-state index contributed by atoms with van der Waals surface area (Å²) in [7, 11) is 0. The summed E-state index contributed by atoms with van der Waals surface area (Å²) in [5.41, 5.74) is 1.97. The average molecular weight is 364 g/mol. The number of carbonyl (C=O) groups is 1. The molecule has 0 spiro atoms. The van der Waals surface area contributed by atoms with Gasteiger partial charge in [0.05, 0.1) is 0 Å². The van der Waals surface area contributed by atoms with Crippen LogP contribution in [-0.2, 0) is 17.8 Å². The highest BCUT2D eigenvalue weighted by Gasteiger charge is 1.99. The molecule has 0 aliphatic heterocycles. The van der Waals surface area contributed by atoms with Crippen molar-refractivity contribution in [3.63, 3.8) is 0 Å².